The maximum Gasteiger partial charge on any atom is 0.0764 e. The number of likely N-dealkylation sites (N-methyl/N-ethyl adjacent to an activating group) is 1. The molecule has 1 fully saturated rings. The quantitative estimate of drug-likeness (QED) is 0.825. The van der Waals surface area contributed by atoms with Crippen LogP contribution in [0.25, 0.3) is 0 Å². The first kappa shape index (κ1) is 11.6. The van der Waals surface area contributed by atoms with Crippen molar-refractivity contribution in [1.29, 1.82) is 0 Å². The Morgan fingerprint density at radius 1 is 1.50 bits per heavy atom. The molecule has 1 unspecified atom stereocenters. The molecule has 1 aromatic rings. The number of nitrogens with one attached hydrogen (secondary N) is 1. The van der Waals surface area contributed by atoms with Gasteiger partial charge in [0.2, 0.25) is 0 Å². The van der Waals surface area contributed by atoms with E-state index in [4.69, 9.17) is 0 Å². The predicted molar refractivity (Wildman–Crippen MR) is 65.2 cm³/mol. The molecule has 1 atom stereocenters. The van der Waals surface area contributed by atoms with Crippen LogP contribution in [0.5, 0.6) is 0 Å². The lowest BCUT2D eigenvalue weighted by Crippen LogP contribution is -2.44. The van der Waals surface area contributed by atoms with Crippen molar-refractivity contribution in [3.63, 3.8) is 0 Å². The van der Waals surface area contributed by atoms with E-state index in [-0.39, 0.29) is 0 Å². The minimum atomic E-state index is 0.681. The Morgan fingerprint density at radius 2 is 2.38 bits per heavy atom. The van der Waals surface area contributed by atoms with Crippen molar-refractivity contribution < 1.29 is 0 Å². The van der Waals surface area contributed by atoms with E-state index >= 15 is 0 Å². The number of piperidine rings is 1. The van der Waals surface area contributed by atoms with Crippen LogP contribution in [-0.4, -0.2) is 40.9 Å². The van der Waals surface area contributed by atoms with Crippen molar-refractivity contribution in [2.24, 2.45) is 7.05 Å². The van der Waals surface area contributed by atoms with Crippen molar-refractivity contribution in [1.82, 2.24) is 20.0 Å². The van der Waals surface area contributed by atoms with E-state index in [0.717, 1.165) is 13.1 Å². The molecule has 4 nitrogen and oxygen atoms in total. The number of aryl methyl sites for hydroxylation is 1. The second kappa shape index (κ2) is 5.46. The third-order valence-corrected chi connectivity index (χ3v) is 3.32. The van der Waals surface area contributed by atoms with Gasteiger partial charge >= 0.3 is 0 Å². The molecule has 16 heavy (non-hydrogen) atoms. The van der Waals surface area contributed by atoms with Crippen molar-refractivity contribution >= 4 is 0 Å². The van der Waals surface area contributed by atoms with Crippen molar-refractivity contribution in [3.8, 4) is 0 Å². The van der Waals surface area contributed by atoms with Crippen molar-refractivity contribution in [2.45, 2.75) is 31.8 Å². The van der Waals surface area contributed by atoms with Crippen LogP contribution in [0.4, 0.5) is 0 Å². The Balaban J connectivity index is 1.95. The van der Waals surface area contributed by atoms with Crippen LogP contribution in [0, 0.1) is 0 Å². The third-order valence-electron chi connectivity index (χ3n) is 3.32. The zero-order chi connectivity index (χ0) is 11.4. The van der Waals surface area contributed by atoms with E-state index in [1.807, 2.05) is 25.0 Å². The Hall–Kier alpha value is -0.870. The first-order valence-corrected chi connectivity index (χ1v) is 6.17. The summed E-state index contributed by atoms with van der Waals surface area (Å²) in [5.74, 6) is 0. The summed E-state index contributed by atoms with van der Waals surface area (Å²) in [6, 6.07) is 2.80. The molecule has 2 rings (SSSR count). The molecule has 0 aromatic carbocycles. The highest BCUT2D eigenvalue weighted by Gasteiger charge is 2.22. The lowest BCUT2D eigenvalue weighted by molar-refractivity contribution is 0.137. The third kappa shape index (κ3) is 2.83. The summed E-state index contributed by atoms with van der Waals surface area (Å²) in [4.78, 5) is 2.56. The molecular weight excluding hydrogens is 200 g/mol. The molecule has 4 heteroatoms. The molecule has 90 valence electrons. The molecule has 0 radical (unpaired) electrons. The molecule has 0 spiro atoms. The highest BCUT2D eigenvalue weighted by Crippen LogP contribution is 2.18. The molecule has 1 aliphatic rings. The van der Waals surface area contributed by atoms with Crippen LogP contribution in [0.15, 0.2) is 12.3 Å². The van der Waals surface area contributed by atoms with Gasteiger partial charge in [0.15, 0.2) is 0 Å². The summed E-state index contributed by atoms with van der Waals surface area (Å²) in [5.41, 5.74) is 1.19. The Morgan fingerprint density at radius 3 is 3.06 bits per heavy atom. The standard InChI is InChI=1S/C12H22N4/c1-13-9-12-5-3-4-7-16(12)10-11-6-8-15(2)14-11/h6,8,12-13H,3-5,7,9-10H2,1-2H3. The number of hydrogen-bond acceptors (Lipinski definition) is 3. The molecule has 1 saturated heterocycles. The maximum absolute atomic E-state index is 4.45. The minimum absolute atomic E-state index is 0.681. The van der Waals surface area contributed by atoms with E-state index in [1.54, 1.807) is 0 Å². The molecule has 1 aliphatic heterocycles. The van der Waals surface area contributed by atoms with Crippen molar-refractivity contribution in [3.05, 3.63) is 18.0 Å². The number of hydrogen-bond donors (Lipinski definition) is 1. The topological polar surface area (TPSA) is 33.1 Å². The molecule has 0 bridgehead atoms. The predicted octanol–water partition coefficient (Wildman–Crippen LogP) is 0.994. The van der Waals surface area contributed by atoms with E-state index < -0.39 is 0 Å². The summed E-state index contributed by atoms with van der Waals surface area (Å²) < 4.78 is 1.88. The van der Waals surface area contributed by atoms with Crippen LogP contribution in [0.2, 0.25) is 0 Å². The molecule has 1 aromatic heterocycles. The highest BCUT2D eigenvalue weighted by molar-refractivity contribution is 4.99. The smallest absolute Gasteiger partial charge is 0.0764 e. The molecule has 2 heterocycles. The summed E-state index contributed by atoms with van der Waals surface area (Å²) in [5, 5.41) is 7.75. The second-order valence-corrected chi connectivity index (χ2v) is 4.66. The molecule has 0 saturated carbocycles. The van der Waals surface area contributed by atoms with Gasteiger partial charge in [0.25, 0.3) is 0 Å². The monoisotopic (exact) mass is 222 g/mol. The lowest BCUT2D eigenvalue weighted by Gasteiger charge is -2.35. The number of aromatic nitrogens is 2. The van der Waals surface area contributed by atoms with E-state index in [0.29, 0.717) is 6.04 Å². The van der Waals surface area contributed by atoms with E-state index in [1.165, 1.54) is 31.5 Å². The summed E-state index contributed by atoms with van der Waals surface area (Å²) in [7, 11) is 4.01. The van der Waals surface area contributed by atoms with Gasteiger partial charge in [-0.15, -0.1) is 0 Å². The fraction of sp³-hybridized carbons (Fsp3) is 0.750. The van der Waals surface area contributed by atoms with Gasteiger partial charge in [-0.1, -0.05) is 6.42 Å². The van der Waals surface area contributed by atoms with Crippen LogP contribution >= 0.6 is 0 Å². The van der Waals surface area contributed by atoms with Crippen LogP contribution in [-0.2, 0) is 13.6 Å². The first-order valence-electron chi connectivity index (χ1n) is 6.17. The Bertz CT molecular complexity index is 319. The Kier molecular flexibility index (Phi) is 3.96. The van der Waals surface area contributed by atoms with Gasteiger partial charge in [-0.05, 0) is 32.5 Å². The summed E-state index contributed by atoms with van der Waals surface area (Å²) in [6.07, 6.45) is 6.03. The fourth-order valence-electron chi connectivity index (χ4n) is 2.49. The van der Waals surface area contributed by atoms with E-state index in [2.05, 4.69) is 21.4 Å². The average Bonchev–Trinajstić information content (AvgIpc) is 2.67. The second-order valence-electron chi connectivity index (χ2n) is 4.66. The van der Waals surface area contributed by atoms with Gasteiger partial charge in [-0.25, -0.2) is 0 Å². The number of likely N-dealkylation sites (tertiary alicyclic amines) is 1. The van der Waals surface area contributed by atoms with E-state index in [9.17, 15) is 0 Å². The molecule has 0 aliphatic carbocycles. The SMILES string of the molecule is CNCC1CCCCN1Cc1ccn(C)n1. The highest BCUT2D eigenvalue weighted by atomic mass is 15.3. The lowest BCUT2D eigenvalue weighted by atomic mass is 10.0. The van der Waals surface area contributed by atoms with Crippen molar-refractivity contribution in [2.75, 3.05) is 20.1 Å². The van der Waals surface area contributed by atoms with Gasteiger partial charge in [-0.3, -0.25) is 9.58 Å². The van der Waals surface area contributed by atoms with Crippen LogP contribution in [0.3, 0.4) is 0 Å². The number of nitrogens with zero attached hydrogens (tertiary/aromatic N) is 3. The zero-order valence-electron chi connectivity index (χ0n) is 10.3. The summed E-state index contributed by atoms with van der Waals surface area (Å²) >= 11 is 0. The average molecular weight is 222 g/mol. The normalized spacial score (nSPS) is 22.5. The maximum atomic E-state index is 4.45. The minimum Gasteiger partial charge on any atom is -0.318 e. The Labute approximate surface area is 97.6 Å². The number of rotatable bonds is 4. The molecule has 0 amide bonds. The molecule has 1 N–H and O–H groups in total. The van der Waals surface area contributed by atoms with Crippen LogP contribution in [0.1, 0.15) is 25.0 Å². The van der Waals surface area contributed by atoms with Gasteiger partial charge in [-0.2, -0.15) is 5.10 Å². The fourth-order valence-corrected chi connectivity index (χ4v) is 2.49. The first-order chi connectivity index (χ1) is 7.79. The van der Waals surface area contributed by atoms with Gasteiger partial charge in [0.05, 0.1) is 5.69 Å². The largest absolute Gasteiger partial charge is 0.318 e. The van der Waals surface area contributed by atoms with Gasteiger partial charge in [0.1, 0.15) is 0 Å². The van der Waals surface area contributed by atoms with Gasteiger partial charge in [0, 0.05) is 32.4 Å². The van der Waals surface area contributed by atoms with Crippen LogP contribution < -0.4 is 5.32 Å². The van der Waals surface area contributed by atoms with Gasteiger partial charge < -0.3 is 5.32 Å². The summed E-state index contributed by atoms with van der Waals surface area (Å²) in [6.45, 7) is 3.29. The zero-order valence-corrected chi connectivity index (χ0v) is 10.3. The molecular formula is C12H22N4.